The van der Waals surface area contributed by atoms with Gasteiger partial charge in [0.25, 0.3) is 0 Å². The highest BCUT2D eigenvalue weighted by molar-refractivity contribution is 7.93. The first kappa shape index (κ1) is 21.3. The van der Waals surface area contributed by atoms with Crippen molar-refractivity contribution in [3.63, 3.8) is 0 Å². The van der Waals surface area contributed by atoms with Gasteiger partial charge < -0.3 is 14.8 Å². The first-order chi connectivity index (χ1) is 15.7. The summed E-state index contributed by atoms with van der Waals surface area (Å²) in [7, 11) is -3.50. The van der Waals surface area contributed by atoms with Crippen molar-refractivity contribution in [2.75, 3.05) is 6.61 Å². The molecule has 1 aliphatic rings. The maximum absolute atomic E-state index is 14.9. The summed E-state index contributed by atoms with van der Waals surface area (Å²) in [5.74, 6) is 2.40. The van der Waals surface area contributed by atoms with E-state index in [-0.39, 0.29) is 12.1 Å². The molecule has 5 heteroatoms. The van der Waals surface area contributed by atoms with E-state index in [1.165, 1.54) is 0 Å². The van der Waals surface area contributed by atoms with E-state index < -0.39 is 13.1 Å². The highest BCUT2D eigenvalue weighted by Crippen LogP contribution is 2.50. The number of allylic oxidation sites excluding steroid dienone is 2. The van der Waals surface area contributed by atoms with E-state index in [1.807, 2.05) is 78.9 Å². The topological polar surface area (TPSA) is 62.7 Å². The number of terminal acetylenes is 1. The summed E-state index contributed by atoms with van der Waals surface area (Å²) in [6, 6.07) is 26.0. The van der Waals surface area contributed by atoms with Crippen LogP contribution >= 0.6 is 7.14 Å². The molecule has 3 aromatic carbocycles. The second-order valence-electron chi connectivity index (χ2n) is 7.24. The Kier molecular flexibility index (Phi) is 6.34. The van der Waals surface area contributed by atoms with Crippen LogP contribution in [0.4, 0.5) is 0 Å². The van der Waals surface area contributed by atoms with Crippen molar-refractivity contribution in [2.45, 2.75) is 5.92 Å². The third-order valence-electron chi connectivity index (χ3n) is 5.35. The zero-order valence-electron chi connectivity index (χ0n) is 17.3. The number of benzene rings is 3. The lowest BCUT2D eigenvalue weighted by atomic mass is 9.95. The Balaban J connectivity index is 1.96. The lowest BCUT2D eigenvalue weighted by Crippen LogP contribution is -2.27. The van der Waals surface area contributed by atoms with Gasteiger partial charge in [0, 0.05) is 10.6 Å². The zero-order valence-corrected chi connectivity index (χ0v) is 18.2. The van der Waals surface area contributed by atoms with Crippen LogP contribution < -0.4 is 10.6 Å². The Hall–Kier alpha value is -3.89. The molecule has 0 bridgehead atoms. The fourth-order valence-corrected chi connectivity index (χ4v) is 6.62. The second kappa shape index (κ2) is 9.50. The molecule has 0 saturated carbocycles. The Bertz CT molecular complexity index is 1270. The third kappa shape index (κ3) is 4.01. The van der Waals surface area contributed by atoms with Gasteiger partial charge in [-0.2, -0.15) is 4.79 Å². The lowest BCUT2D eigenvalue weighted by Gasteiger charge is -2.20. The van der Waals surface area contributed by atoms with Crippen molar-refractivity contribution in [3.05, 3.63) is 119 Å². The van der Waals surface area contributed by atoms with Gasteiger partial charge in [-0.05, 0) is 23.3 Å². The number of nitrogens with zero attached hydrogens (tertiary/aromatic N) is 2. The molecule has 4 nitrogen and oxygen atoms in total. The molecule has 0 aromatic heterocycles. The minimum absolute atomic E-state index is 0.0971. The van der Waals surface area contributed by atoms with E-state index in [4.69, 9.17) is 11.2 Å². The Labute approximate surface area is 187 Å². The zero-order chi connectivity index (χ0) is 22.4. The Morgan fingerprint density at radius 3 is 2.12 bits per heavy atom. The minimum Gasteiger partial charge on any atom is -0.481 e. The van der Waals surface area contributed by atoms with Gasteiger partial charge in [-0.15, -0.1) is 6.42 Å². The van der Waals surface area contributed by atoms with Crippen LogP contribution in [0.2, 0.25) is 0 Å². The summed E-state index contributed by atoms with van der Waals surface area (Å²) in [5, 5.41) is 1.18. The van der Waals surface area contributed by atoms with Crippen LogP contribution in [-0.2, 0) is 9.30 Å². The smallest absolute Gasteiger partial charge is 0.344 e. The van der Waals surface area contributed by atoms with Crippen LogP contribution in [0.25, 0.3) is 11.6 Å². The average molecular weight is 436 g/mol. The van der Waals surface area contributed by atoms with Gasteiger partial charge in [0.15, 0.2) is 0 Å². The van der Waals surface area contributed by atoms with E-state index in [2.05, 4.69) is 10.7 Å². The van der Waals surface area contributed by atoms with Crippen molar-refractivity contribution in [3.8, 4) is 12.3 Å². The van der Waals surface area contributed by atoms with Gasteiger partial charge in [-0.25, -0.2) is 0 Å². The van der Waals surface area contributed by atoms with Gasteiger partial charge in [-0.3, -0.25) is 0 Å². The molecule has 32 heavy (non-hydrogen) atoms. The molecule has 1 aliphatic carbocycles. The lowest BCUT2D eigenvalue weighted by molar-refractivity contribution is -0.00384. The van der Waals surface area contributed by atoms with Gasteiger partial charge in [0.1, 0.15) is 18.3 Å². The minimum atomic E-state index is -3.50. The maximum atomic E-state index is 14.9. The molecule has 0 amide bonds. The molecular formula is C27H21N2O2P. The van der Waals surface area contributed by atoms with E-state index in [0.717, 1.165) is 11.1 Å². The molecule has 0 radical (unpaired) electrons. The van der Waals surface area contributed by atoms with Crippen LogP contribution in [0, 0.1) is 12.3 Å². The molecule has 1 atom stereocenters. The summed E-state index contributed by atoms with van der Waals surface area (Å²) >= 11 is 0. The molecule has 0 saturated heterocycles. The summed E-state index contributed by atoms with van der Waals surface area (Å²) in [6.07, 6.45) is 10.9. The number of fused-ring (bicyclic) bond motifs is 1. The van der Waals surface area contributed by atoms with Crippen molar-refractivity contribution in [1.82, 2.24) is 0 Å². The third-order valence-corrected chi connectivity index (χ3v) is 8.42. The summed E-state index contributed by atoms with van der Waals surface area (Å²) in [6.45, 7) is 0.0971. The molecule has 0 fully saturated rings. The predicted molar refractivity (Wildman–Crippen MR) is 129 cm³/mol. The molecule has 0 spiro atoms. The average Bonchev–Trinajstić information content (AvgIpc) is 3.04. The van der Waals surface area contributed by atoms with Crippen LogP contribution in [0.5, 0.6) is 0 Å². The van der Waals surface area contributed by atoms with Gasteiger partial charge >= 0.3 is 5.45 Å². The standard InChI is InChI=1S/C27H21N2O2P/c1-2-19-31-22-18-17-21-11-9-10-16-25(21)26(20-22)27(29-28)32(30,23-12-5-3-6-13-23)24-14-7-4-8-15-24/h1,3-18,20,26H,19H2. The Morgan fingerprint density at radius 1 is 0.938 bits per heavy atom. The van der Waals surface area contributed by atoms with Crippen molar-refractivity contribution >= 4 is 29.3 Å². The molecule has 156 valence electrons. The van der Waals surface area contributed by atoms with Crippen LogP contribution in [0.15, 0.2) is 103 Å². The first-order valence-electron chi connectivity index (χ1n) is 10.2. The SMILES string of the molecule is C#CCOC1=CC(C(=[N+]=[N-])P(=O)(c2ccccc2)c2ccccc2)c2ccccc2C=C1. The van der Waals surface area contributed by atoms with Crippen LogP contribution in [0.3, 0.4) is 0 Å². The highest BCUT2D eigenvalue weighted by atomic mass is 31.2. The van der Waals surface area contributed by atoms with Crippen molar-refractivity contribution < 1.29 is 14.1 Å². The maximum Gasteiger partial charge on any atom is 0.344 e. The van der Waals surface area contributed by atoms with Crippen molar-refractivity contribution in [2.24, 2.45) is 0 Å². The molecule has 3 aromatic rings. The molecule has 0 heterocycles. The number of hydrogen-bond acceptors (Lipinski definition) is 2. The molecule has 0 N–H and O–H groups in total. The molecular weight excluding hydrogens is 415 g/mol. The summed E-state index contributed by atoms with van der Waals surface area (Å²) < 4.78 is 20.6. The Morgan fingerprint density at radius 2 is 1.53 bits per heavy atom. The van der Waals surface area contributed by atoms with Gasteiger partial charge in [0.2, 0.25) is 7.14 Å². The van der Waals surface area contributed by atoms with E-state index >= 15 is 0 Å². The fraction of sp³-hybridized carbons (Fsp3) is 0.0741. The largest absolute Gasteiger partial charge is 0.481 e. The number of rotatable bonds is 6. The monoisotopic (exact) mass is 436 g/mol. The van der Waals surface area contributed by atoms with Gasteiger partial charge in [-0.1, -0.05) is 96.9 Å². The van der Waals surface area contributed by atoms with Crippen LogP contribution in [-0.4, -0.2) is 16.8 Å². The summed E-state index contributed by atoms with van der Waals surface area (Å²) in [5.41, 5.74) is 12.3. The number of ether oxygens (including phenoxy) is 1. The quantitative estimate of drug-likeness (QED) is 0.180. The van der Waals surface area contributed by atoms with E-state index in [0.29, 0.717) is 16.4 Å². The number of hydrogen-bond donors (Lipinski definition) is 0. The molecule has 0 aliphatic heterocycles. The molecule has 1 unspecified atom stereocenters. The second-order valence-corrected chi connectivity index (χ2v) is 9.95. The van der Waals surface area contributed by atoms with E-state index in [1.54, 1.807) is 24.3 Å². The van der Waals surface area contributed by atoms with E-state index in [9.17, 15) is 10.1 Å². The van der Waals surface area contributed by atoms with Crippen LogP contribution in [0.1, 0.15) is 17.0 Å². The normalized spacial score (nSPS) is 14.8. The molecule has 4 rings (SSSR count). The highest BCUT2D eigenvalue weighted by Gasteiger charge is 2.45. The first-order valence-corrected chi connectivity index (χ1v) is 11.9. The van der Waals surface area contributed by atoms with Crippen molar-refractivity contribution in [1.29, 1.82) is 0 Å². The predicted octanol–water partition coefficient (Wildman–Crippen LogP) is 4.97. The fourth-order valence-electron chi connectivity index (χ4n) is 3.87. The summed E-state index contributed by atoms with van der Waals surface area (Å²) in [4.78, 5) is 3.68. The van der Waals surface area contributed by atoms with Gasteiger partial charge in [0.05, 0.1) is 0 Å².